The minimum absolute atomic E-state index is 0.0295. The van der Waals surface area contributed by atoms with E-state index in [1.807, 2.05) is 42.5 Å². The first kappa shape index (κ1) is 16.6. The molecule has 9 heteroatoms. The maximum absolute atomic E-state index is 12.3. The summed E-state index contributed by atoms with van der Waals surface area (Å²) in [6.07, 6.45) is 0.872. The SMILES string of the molecule is O=C(Nc1ccc(-c2onc3ccc(-c4nnn[nH]4)cc23)cc1)C1CCNC1. The molecule has 0 spiro atoms. The van der Waals surface area contributed by atoms with Crippen molar-refractivity contribution in [3.05, 3.63) is 42.5 Å². The van der Waals surface area contributed by atoms with E-state index >= 15 is 0 Å². The molecule has 9 nitrogen and oxygen atoms in total. The van der Waals surface area contributed by atoms with E-state index in [-0.39, 0.29) is 11.8 Å². The third kappa shape index (κ3) is 3.01. The lowest BCUT2D eigenvalue weighted by atomic mass is 10.1. The van der Waals surface area contributed by atoms with Gasteiger partial charge in [0.25, 0.3) is 0 Å². The van der Waals surface area contributed by atoms with E-state index in [2.05, 4.69) is 36.4 Å². The number of fused-ring (bicyclic) bond motifs is 1. The van der Waals surface area contributed by atoms with Gasteiger partial charge in [-0.25, -0.2) is 5.10 Å². The first-order chi connectivity index (χ1) is 13.8. The minimum atomic E-state index is 0.0295. The molecule has 1 atom stereocenters. The maximum Gasteiger partial charge on any atom is 0.228 e. The third-order valence-corrected chi connectivity index (χ3v) is 4.94. The first-order valence-corrected chi connectivity index (χ1v) is 9.03. The number of carbonyl (C=O) groups excluding carboxylic acids is 1. The van der Waals surface area contributed by atoms with Crippen LogP contribution in [0.5, 0.6) is 0 Å². The van der Waals surface area contributed by atoms with Crippen molar-refractivity contribution in [1.29, 1.82) is 0 Å². The molecule has 1 saturated heterocycles. The van der Waals surface area contributed by atoms with Crippen LogP contribution < -0.4 is 10.6 Å². The Balaban J connectivity index is 1.42. The summed E-state index contributed by atoms with van der Waals surface area (Å²) < 4.78 is 5.57. The van der Waals surface area contributed by atoms with E-state index in [9.17, 15) is 4.79 Å². The van der Waals surface area contributed by atoms with E-state index in [0.717, 1.165) is 47.2 Å². The zero-order chi connectivity index (χ0) is 18.9. The predicted octanol–water partition coefficient (Wildman–Crippen LogP) is 2.22. The standard InChI is InChI=1S/C19H17N7O2/c27-19(13-7-8-20-10-13)21-14-4-1-11(2-5-14)17-15-9-12(18-22-25-26-23-18)3-6-16(15)24-28-17/h1-6,9,13,20H,7-8,10H2,(H,21,27)(H,22,23,25,26). The van der Waals surface area contributed by atoms with Gasteiger partial charge in [-0.05, 0) is 65.9 Å². The number of hydrogen-bond acceptors (Lipinski definition) is 7. The van der Waals surface area contributed by atoms with E-state index in [1.54, 1.807) is 0 Å². The average molecular weight is 375 g/mol. The lowest BCUT2D eigenvalue weighted by Gasteiger charge is -2.10. The lowest BCUT2D eigenvalue weighted by Crippen LogP contribution is -2.24. The molecule has 0 saturated carbocycles. The Labute approximate surface area is 159 Å². The molecule has 1 aliphatic heterocycles. The van der Waals surface area contributed by atoms with Crippen LogP contribution in [0.1, 0.15) is 6.42 Å². The molecule has 1 amide bonds. The summed E-state index contributed by atoms with van der Waals surface area (Å²) in [5.41, 5.74) is 3.22. The summed E-state index contributed by atoms with van der Waals surface area (Å²) in [7, 11) is 0. The van der Waals surface area contributed by atoms with Crippen molar-refractivity contribution < 1.29 is 9.32 Å². The van der Waals surface area contributed by atoms with Gasteiger partial charge < -0.3 is 15.2 Å². The predicted molar refractivity (Wildman–Crippen MR) is 102 cm³/mol. The van der Waals surface area contributed by atoms with Crippen molar-refractivity contribution in [3.63, 3.8) is 0 Å². The number of tetrazole rings is 1. The zero-order valence-corrected chi connectivity index (χ0v) is 14.8. The molecular weight excluding hydrogens is 358 g/mol. The Kier molecular flexibility index (Phi) is 4.06. The number of hydrogen-bond donors (Lipinski definition) is 3. The maximum atomic E-state index is 12.3. The van der Waals surface area contributed by atoms with Gasteiger partial charge in [0.05, 0.1) is 11.3 Å². The molecule has 0 bridgehead atoms. The number of aromatic amines is 1. The smallest absolute Gasteiger partial charge is 0.228 e. The van der Waals surface area contributed by atoms with Gasteiger partial charge in [0.1, 0.15) is 5.52 Å². The van der Waals surface area contributed by atoms with E-state index < -0.39 is 0 Å². The number of anilines is 1. The molecular formula is C19H17N7O2. The second kappa shape index (κ2) is 6.86. The van der Waals surface area contributed by atoms with Crippen LogP contribution in [-0.4, -0.2) is 44.8 Å². The number of carbonyl (C=O) groups is 1. The van der Waals surface area contributed by atoms with Crippen molar-refractivity contribution in [1.82, 2.24) is 31.1 Å². The number of nitrogens with one attached hydrogen (secondary N) is 3. The highest BCUT2D eigenvalue weighted by molar-refractivity contribution is 5.95. The summed E-state index contributed by atoms with van der Waals surface area (Å²) in [5.74, 6) is 1.31. The van der Waals surface area contributed by atoms with Crippen LogP contribution in [0.4, 0.5) is 5.69 Å². The van der Waals surface area contributed by atoms with Crippen molar-refractivity contribution in [3.8, 4) is 22.7 Å². The number of benzene rings is 2. The molecule has 0 aliphatic carbocycles. The molecule has 1 aliphatic rings. The Hall–Kier alpha value is -3.59. The molecule has 140 valence electrons. The second-order valence-corrected chi connectivity index (χ2v) is 6.75. The van der Waals surface area contributed by atoms with E-state index in [4.69, 9.17) is 4.52 Å². The molecule has 2 aromatic carbocycles. The molecule has 2 aromatic heterocycles. The summed E-state index contributed by atoms with van der Waals surface area (Å²) in [6, 6.07) is 13.2. The van der Waals surface area contributed by atoms with Crippen molar-refractivity contribution in [2.75, 3.05) is 18.4 Å². The number of aromatic nitrogens is 5. The van der Waals surface area contributed by atoms with Gasteiger partial charge in [-0.3, -0.25) is 4.79 Å². The number of amides is 1. The minimum Gasteiger partial charge on any atom is -0.355 e. The summed E-state index contributed by atoms with van der Waals surface area (Å²) in [6.45, 7) is 1.62. The molecule has 4 aromatic rings. The topological polar surface area (TPSA) is 122 Å². The highest BCUT2D eigenvalue weighted by atomic mass is 16.5. The second-order valence-electron chi connectivity index (χ2n) is 6.75. The van der Waals surface area contributed by atoms with Gasteiger partial charge in [0, 0.05) is 23.4 Å². The van der Waals surface area contributed by atoms with Crippen molar-refractivity contribution in [2.24, 2.45) is 5.92 Å². The zero-order valence-electron chi connectivity index (χ0n) is 14.8. The van der Waals surface area contributed by atoms with Crippen molar-refractivity contribution in [2.45, 2.75) is 6.42 Å². The largest absolute Gasteiger partial charge is 0.355 e. The van der Waals surface area contributed by atoms with E-state index in [1.165, 1.54) is 0 Å². The summed E-state index contributed by atoms with van der Waals surface area (Å²) in [5, 5.41) is 25.1. The van der Waals surface area contributed by atoms with E-state index in [0.29, 0.717) is 11.6 Å². The molecule has 3 heterocycles. The van der Waals surface area contributed by atoms with Crippen LogP contribution in [0.2, 0.25) is 0 Å². The molecule has 1 unspecified atom stereocenters. The van der Waals surface area contributed by atoms with Gasteiger partial charge in [-0.1, -0.05) is 5.16 Å². The van der Waals surface area contributed by atoms with Crippen molar-refractivity contribution >= 4 is 22.5 Å². The van der Waals surface area contributed by atoms with Gasteiger partial charge >= 0.3 is 0 Å². The molecule has 5 rings (SSSR count). The Morgan fingerprint density at radius 3 is 2.75 bits per heavy atom. The Morgan fingerprint density at radius 2 is 2.00 bits per heavy atom. The van der Waals surface area contributed by atoms with Gasteiger partial charge in [-0.2, -0.15) is 0 Å². The summed E-state index contributed by atoms with van der Waals surface area (Å²) in [4.78, 5) is 12.3. The normalized spacial score (nSPS) is 16.5. The van der Waals surface area contributed by atoms with Crippen LogP contribution in [0, 0.1) is 5.92 Å². The Morgan fingerprint density at radius 1 is 1.14 bits per heavy atom. The van der Waals surface area contributed by atoms with Crippen LogP contribution >= 0.6 is 0 Å². The van der Waals surface area contributed by atoms with Crippen LogP contribution in [0.3, 0.4) is 0 Å². The molecule has 28 heavy (non-hydrogen) atoms. The van der Waals surface area contributed by atoms with Gasteiger partial charge in [-0.15, -0.1) is 5.10 Å². The Bertz CT molecular complexity index is 1110. The lowest BCUT2D eigenvalue weighted by molar-refractivity contribution is -0.119. The fourth-order valence-corrected chi connectivity index (χ4v) is 3.41. The first-order valence-electron chi connectivity index (χ1n) is 9.03. The van der Waals surface area contributed by atoms with Crippen LogP contribution in [0.15, 0.2) is 47.0 Å². The quantitative estimate of drug-likeness (QED) is 0.500. The monoisotopic (exact) mass is 375 g/mol. The van der Waals surface area contributed by atoms with Gasteiger partial charge in [0.15, 0.2) is 11.6 Å². The summed E-state index contributed by atoms with van der Waals surface area (Å²) >= 11 is 0. The average Bonchev–Trinajstić information content (AvgIpc) is 3.49. The molecule has 1 fully saturated rings. The van der Waals surface area contributed by atoms with Gasteiger partial charge in [0.2, 0.25) is 5.91 Å². The number of H-pyrrole nitrogens is 1. The molecule has 0 radical (unpaired) electrons. The molecule has 3 N–H and O–H groups in total. The fraction of sp³-hybridized carbons (Fsp3) is 0.211. The van der Waals surface area contributed by atoms with Crippen LogP contribution in [0.25, 0.3) is 33.6 Å². The number of rotatable bonds is 4. The number of nitrogens with zero attached hydrogens (tertiary/aromatic N) is 4. The van der Waals surface area contributed by atoms with Crippen LogP contribution in [-0.2, 0) is 4.79 Å². The fourth-order valence-electron chi connectivity index (χ4n) is 3.41. The highest BCUT2D eigenvalue weighted by Gasteiger charge is 2.22. The highest BCUT2D eigenvalue weighted by Crippen LogP contribution is 2.32. The third-order valence-electron chi connectivity index (χ3n) is 4.94.